The molecule has 35 heavy (non-hydrogen) atoms. The van der Waals surface area contributed by atoms with E-state index in [1.807, 2.05) is 54.6 Å². The molecule has 0 spiro atoms. The molecular weight excluding hydrogens is 438 g/mol. The predicted molar refractivity (Wildman–Crippen MR) is 141 cm³/mol. The van der Waals surface area contributed by atoms with Gasteiger partial charge in [-0.3, -0.25) is 4.79 Å². The molecular formula is C29H31N3O3. The summed E-state index contributed by atoms with van der Waals surface area (Å²) in [5.41, 5.74) is 5.70. The molecule has 0 aliphatic carbocycles. The standard InChI is InChI=1S/C29H31N3O3/c1-20(2)21-9-12-24(13-10-21)31-28(33)18-30-15-16-32-19-26(22-7-5-4-6-8-22)25-14-11-23(17-27(25)32)29(34)35-3/h4-14,17,19-20,30H,15-16,18H2,1-3H3,(H,31,33). The first kappa shape index (κ1) is 24.2. The van der Waals surface area contributed by atoms with E-state index in [1.165, 1.54) is 12.7 Å². The highest BCUT2D eigenvalue weighted by molar-refractivity contribution is 6.00. The first-order valence-corrected chi connectivity index (χ1v) is 11.8. The van der Waals surface area contributed by atoms with Crippen molar-refractivity contribution in [3.63, 3.8) is 0 Å². The summed E-state index contributed by atoms with van der Waals surface area (Å²) in [5.74, 6) is 0.00652. The lowest BCUT2D eigenvalue weighted by molar-refractivity contribution is -0.115. The Morgan fingerprint density at radius 3 is 2.40 bits per heavy atom. The molecule has 6 nitrogen and oxygen atoms in total. The SMILES string of the molecule is COC(=O)c1ccc2c(-c3ccccc3)cn(CCNCC(=O)Nc3ccc(C(C)C)cc3)c2c1. The van der Waals surface area contributed by atoms with Crippen LogP contribution in [-0.4, -0.2) is 36.6 Å². The van der Waals surface area contributed by atoms with Crippen LogP contribution in [0.3, 0.4) is 0 Å². The van der Waals surface area contributed by atoms with Gasteiger partial charge < -0.3 is 19.9 Å². The van der Waals surface area contributed by atoms with E-state index in [4.69, 9.17) is 4.74 Å². The summed E-state index contributed by atoms with van der Waals surface area (Å²) >= 11 is 0. The maximum absolute atomic E-state index is 12.4. The molecule has 2 N–H and O–H groups in total. The van der Waals surface area contributed by atoms with E-state index in [9.17, 15) is 9.59 Å². The van der Waals surface area contributed by atoms with E-state index in [1.54, 1.807) is 6.07 Å². The van der Waals surface area contributed by atoms with Crippen LogP contribution in [-0.2, 0) is 16.1 Å². The van der Waals surface area contributed by atoms with E-state index >= 15 is 0 Å². The molecule has 0 aliphatic rings. The Morgan fingerprint density at radius 2 is 1.71 bits per heavy atom. The van der Waals surface area contributed by atoms with E-state index in [-0.39, 0.29) is 18.4 Å². The number of aromatic nitrogens is 1. The Morgan fingerprint density at radius 1 is 0.971 bits per heavy atom. The lowest BCUT2D eigenvalue weighted by Gasteiger charge is -2.10. The number of nitrogens with one attached hydrogen (secondary N) is 2. The highest BCUT2D eigenvalue weighted by atomic mass is 16.5. The number of hydrogen-bond acceptors (Lipinski definition) is 4. The number of carbonyl (C=O) groups excluding carboxylic acids is 2. The molecule has 0 fully saturated rings. The normalized spacial score (nSPS) is 11.1. The second kappa shape index (κ2) is 11.0. The smallest absolute Gasteiger partial charge is 0.337 e. The number of hydrogen-bond donors (Lipinski definition) is 2. The topological polar surface area (TPSA) is 72.4 Å². The minimum atomic E-state index is -0.364. The summed E-state index contributed by atoms with van der Waals surface area (Å²) in [5, 5.41) is 7.21. The molecule has 4 aromatic rings. The number of benzene rings is 3. The maximum atomic E-state index is 12.4. The Balaban J connectivity index is 1.43. The summed E-state index contributed by atoms with van der Waals surface area (Å²) < 4.78 is 7.01. The molecule has 1 amide bonds. The molecule has 4 rings (SSSR count). The number of anilines is 1. The van der Waals surface area contributed by atoms with Crippen LogP contribution in [0.2, 0.25) is 0 Å². The van der Waals surface area contributed by atoms with Crippen LogP contribution < -0.4 is 10.6 Å². The van der Waals surface area contributed by atoms with E-state index in [2.05, 4.69) is 47.4 Å². The lowest BCUT2D eigenvalue weighted by Crippen LogP contribution is -2.30. The van der Waals surface area contributed by atoms with Gasteiger partial charge in [0.25, 0.3) is 0 Å². The van der Waals surface area contributed by atoms with Gasteiger partial charge in [-0.1, -0.05) is 62.4 Å². The van der Waals surface area contributed by atoms with Crippen molar-refractivity contribution in [3.8, 4) is 11.1 Å². The summed E-state index contributed by atoms with van der Waals surface area (Å²) in [4.78, 5) is 24.5. The maximum Gasteiger partial charge on any atom is 0.337 e. The molecule has 0 unspecified atom stereocenters. The fourth-order valence-electron chi connectivity index (χ4n) is 4.13. The lowest BCUT2D eigenvalue weighted by atomic mass is 10.0. The van der Waals surface area contributed by atoms with E-state index in [0.29, 0.717) is 24.6 Å². The number of rotatable bonds is 9. The molecule has 0 radical (unpaired) electrons. The number of amides is 1. The molecule has 0 aliphatic heterocycles. The predicted octanol–water partition coefficient (Wildman–Crippen LogP) is 5.45. The average Bonchev–Trinajstić information content (AvgIpc) is 3.24. The van der Waals surface area contributed by atoms with Gasteiger partial charge in [0, 0.05) is 41.4 Å². The van der Waals surface area contributed by atoms with Gasteiger partial charge >= 0.3 is 5.97 Å². The number of carbonyl (C=O) groups is 2. The van der Waals surface area contributed by atoms with Gasteiger partial charge in [0.15, 0.2) is 0 Å². The second-order valence-electron chi connectivity index (χ2n) is 8.83. The van der Waals surface area contributed by atoms with Gasteiger partial charge in [-0.05, 0) is 41.3 Å². The number of ether oxygens (including phenoxy) is 1. The molecule has 0 bridgehead atoms. The van der Waals surface area contributed by atoms with Gasteiger partial charge in [0.2, 0.25) is 5.91 Å². The van der Waals surface area contributed by atoms with Crippen LogP contribution >= 0.6 is 0 Å². The molecule has 3 aromatic carbocycles. The van der Waals surface area contributed by atoms with E-state index < -0.39 is 0 Å². The Labute approximate surface area is 205 Å². The number of fused-ring (bicyclic) bond motifs is 1. The van der Waals surface area contributed by atoms with Gasteiger partial charge in [-0.15, -0.1) is 0 Å². The zero-order chi connectivity index (χ0) is 24.8. The third-order valence-electron chi connectivity index (χ3n) is 6.06. The van der Waals surface area contributed by atoms with Crippen LogP contribution in [0.15, 0.2) is 79.0 Å². The minimum absolute atomic E-state index is 0.0855. The fourth-order valence-corrected chi connectivity index (χ4v) is 4.13. The zero-order valence-electron chi connectivity index (χ0n) is 20.4. The number of esters is 1. The van der Waals surface area contributed by atoms with Crippen molar-refractivity contribution in [3.05, 3.63) is 90.1 Å². The first-order chi connectivity index (χ1) is 17.0. The van der Waals surface area contributed by atoms with Gasteiger partial charge in [-0.25, -0.2) is 4.79 Å². The van der Waals surface area contributed by atoms with Crippen LogP contribution in [0.1, 0.15) is 35.7 Å². The summed E-state index contributed by atoms with van der Waals surface area (Å²) in [6, 6.07) is 23.7. The van der Waals surface area contributed by atoms with Crippen LogP contribution in [0.4, 0.5) is 5.69 Å². The quantitative estimate of drug-likeness (QED) is 0.253. The molecule has 0 saturated carbocycles. The van der Waals surface area contributed by atoms with Crippen molar-refractivity contribution < 1.29 is 14.3 Å². The second-order valence-corrected chi connectivity index (χ2v) is 8.83. The third-order valence-corrected chi connectivity index (χ3v) is 6.06. The Kier molecular flexibility index (Phi) is 7.63. The van der Waals surface area contributed by atoms with Crippen molar-refractivity contribution in [1.29, 1.82) is 0 Å². The van der Waals surface area contributed by atoms with Crippen LogP contribution in [0.25, 0.3) is 22.0 Å². The molecule has 6 heteroatoms. The highest BCUT2D eigenvalue weighted by Crippen LogP contribution is 2.31. The van der Waals surface area contributed by atoms with Gasteiger partial charge in [-0.2, -0.15) is 0 Å². The monoisotopic (exact) mass is 469 g/mol. The third kappa shape index (κ3) is 5.78. The Bertz CT molecular complexity index is 1310. The average molecular weight is 470 g/mol. The first-order valence-electron chi connectivity index (χ1n) is 11.8. The van der Waals surface area contributed by atoms with Crippen LogP contribution in [0.5, 0.6) is 0 Å². The number of nitrogens with zero attached hydrogens (tertiary/aromatic N) is 1. The van der Waals surface area contributed by atoms with Crippen molar-refractivity contribution in [2.45, 2.75) is 26.3 Å². The molecule has 0 atom stereocenters. The summed E-state index contributed by atoms with van der Waals surface area (Å²) in [6.07, 6.45) is 2.10. The van der Waals surface area contributed by atoms with E-state index in [0.717, 1.165) is 27.7 Å². The Hall–Kier alpha value is -3.90. The van der Waals surface area contributed by atoms with Crippen molar-refractivity contribution in [2.24, 2.45) is 0 Å². The molecule has 0 saturated heterocycles. The molecule has 180 valence electrons. The molecule has 1 aromatic heterocycles. The van der Waals surface area contributed by atoms with Crippen molar-refractivity contribution >= 4 is 28.5 Å². The number of methoxy groups -OCH3 is 1. The summed E-state index contributed by atoms with van der Waals surface area (Å²) in [6.45, 7) is 5.74. The van der Waals surface area contributed by atoms with Gasteiger partial charge in [0.05, 0.1) is 19.2 Å². The zero-order valence-corrected chi connectivity index (χ0v) is 20.4. The molecule has 1 heterocycles. The van der Waals surface area contributed by atoms with Crippen LogP contribution in [0, 0.1) is 0 Å². The van der Waals surface area contributed by atoms with Gasteiger partial charge in [0.1, 0.15) is 0 Å². The van der Waals surface area contributed by atoms with Crippen molar-refractivity contribution in [2.75, 3.05) is 25.5 Å². The summed E-state index contributed by atoms with van der Waals surface area (Å²) in [7, 11) is 1.38. The van der Waals surface area contributed by atoms with Crippen molar-refractivity contribution in [1.82, 2.24) is 9.88 Å². The fraction of sp³-hybridized carbons (Fsp3) is 0.241. The highest BCUT2D eigenvalue weighted by Gasteiger charge is 2.14. The largest absolute Gasteiger partial charge is 0.465 e. The minimum Gasteiger partial charge on any atom is -0.465 e.